The maximum absolute atomic E-state index is 12.8. The van der Waals surface area contributed by atoms with Gasteiger partial charge in [0.2, 0.25) is 0 Å². The van der Waals surface area contributed by atoms with E-state index >= 15 is 0 Å². The maximum Gasteiger partial charge on any atom is 0.134 e. The first-order valence-electron chi connectivity index (χ1n) is 4.58. The summed E-state index contributed by atoms with van der Waals surface area (Å²) in [5.41, 5.74) is 0. The molecule has 1 atom stereocenters. The summed E-state index contributed by atoms with van der Waals surface area (Å²) >= 11 is 3.27. The second-order valence-corrected chi connectivity index (χ2v) is 4.16. The number of hydrogen-bond acceptors (Lipinski definition) is 2. The van der Waals surface area contributed by atoms with Crippen LogP contribution in [0, 0.1) is 5.82 Å². The molecule has 1 fully saturated rings. The van der Waals surface area contributed by atoms with Crippen LogP contribution < -0.4 is 10.1 Å². The lowest BCUT2D eigenvalue weighted by Crippen LogP contribution is -2.19. The molecule has 2 rings (SSSR count). The van der Waals surface area contributed by atoms with Crippen molar-refractivity contribution in [1.82, 2.24) is 5.32 Å². The highest BCUT2D eigenvalue weighted by Gasteiger charge is 2.16. The van der Waals surface area contributed by atoms with E-state index in [-0.39, 0.29) is 24.3 Å². The molecule has 0 amide bonds. The Morgan fingerprint density at radius 1 is 1.47 bits per heavy atom. The van der Waals surface area contributed by atoms with E-state index in [1.54, 1.807) is 6.07 Å². The Hall–Kier alpha value is -0.320. The average molecular weight is 297 g/mol. The van der Waals surface area contributed by atoms with Gasteiger partial charge in [-0.15, -0.1) is 12.4 Å². The molecular formula is C10H12BrClFNO. The van der Waals surface area contributed by atoms with Crippen LogP contribution in [-0.2, 0) is 0 Å². The molecular weight excluding hydrogens is 284 g/mol. The highest BCUT2D eigenvalue weighted by Crippen LogP contribution is 2.27. The average Bonchev–Trinajstić information content (AvgIpc) is 2.62. The first-order chi connectivity index (χ1) is 6.75. The van der Waals surface area contributed by atoms with Crippen molar-refractivity contribution in [2.24, 2.45) is 0 Å². The largest absolute Gasteiger partial charge is 0.488 e. The minimum Gasteiger partial charge on any atom is -0.488 e. The summed E-state index contributed by atoms with van der Waals surface area (Å²) in [4.78, 5) is 0. The van der Waals surface area contributed by atoms with Crippen molar-refractivity contribution < 1.29 is 9.13 Å². The van der Waals surface area contributed by atoms with Gasteiger partial charge in [-0.1, -0.05) is 0 Å². The molecule has 1 aromatic rings. The Kier molecular flexibility index (Phi) is 4.83. The highest BCUT2D eigenvalue weighted by molar-refractivity contribution is 9.10. The second kappa shape index (κ2) is 5.68. The summed E-state index contributed by atoms with van der Waals surface area (Å²) in [6, 6.07) is 4.47. The fraction of sp³-hybridized carbons (Fsp3) is 0.400. The molecule has 0 radical (unpaired) electrons. The second-order valence-electron chi connectivity index (χ2n) is 3.31. The molecule has 0 bridgehead atoms. The first-order valence-corrected chi connectivity index (χ1v) is 5.37. The molecule has 84 valence electrons. The number of benzene rings is 1. The minimum atomic E-state index is -0.256. The van der Waals surface area contributed by atoms with Crippen molar-refractivity contribution in [3.63, 3.8) is 0 Å². The van der Waals surface area contributed by atoms with Gasteiger partial charge in [-0.05, 0) is 47.1 Å². The zero-order chi connectivity index (χ0) is 9.97. The van der Waals surface area contributed by atoms with E-state index in [1.807, 2.05) is 0 Å². The van der Waals surface area contributed by atoms with Gasteiger partial charge in [0, 0.05) is 6.54 Å². The lowest BCUT2D eigenvalue weighted by molar-refractivity contribution is 0.221. The molecule has 0 aliphatic carbocycles. The maximum atomic E-state index is 12.8. The highest BCUT2D eigenvalue weighted by atomic mass is 79.9. The van der Waals surface area contributed by atoms with E-state index in [9.17, 15) is 4.39 Å². The lowest BCUT2D eigenvalue weighted by atomic mass is 10.3. The number of halogens is 3. The van der Waals surface area contributed by atoms with Crippen molar-refractivity contribution in [3.8, 4) is 5.75 Å². The third kappa shape index (κ3) is 3.33. The molecule has 1 aliphatic heterocycles. The number of rotatable bonds is 2. The number of hydrogen-bond donors (Lipinski definition) is 1. The van der Waals surface area contributed by atoms with Crippen LogP contribution >= 0.6 is 28.3 Å². The van der Waals surface area contributed by atoms with Crippen LogP contribution in [0.2, 0.25) is 0 Å². The van der Waals surface area contributed by atoms with Crippen LogP contribution in [0.5, 0.6) is 5.75 Å². The smallest absolute Gasteiger partial charge is 0.134 e. The summed E-state index contributed by atoms with van der Waals surface area (Å²) in [5.74, 6) is 0.453. The first kappa shape index (κ1) is 12.7. The summed E-state index contributed by atoms with van der Waals surface area (Å²) in [5, 5.41) is 3.21. The van der Waals surface area contributed by atoms with Crippen molar-refractivity contribution in [2.45, 2.75) is 12.5 Å². The fourth-order valence-corrected chi connectivity index (χ4v) is 1.92. The molecule has 2 nitrogen and oxygen atoms in total. The molecule has 0 spiro atoms. The van der Waals surface area contributed by atoms with Gasteiger partial charge < -0.3 is 10.1 Å². The molecule has 15 heavy (non-hydrogen) atoms. The SMILES string of the molecule is Cl.Fc1ccc(OC2CCNC2)c(Br)c1. The zero-order valence-corrected chi connectivity index (χ0v) is 10.4. The van der Waals surface area contributed by atoms with Gasteiger partial charge in [0.25, 0.3) is 0 Å². The summed E-state index contributed by atoms with van der Waals surface area (Å²) < 4.78 is 19.1. The van der Waals surface area contributed by atoms with E-state index in [0.29, 0.717) is 10.2 Å². The zero-order valence-electron chi connectivity index (χ0n) is 8.00. The van der Waals surface area contributed by atoms with Crippen LogP contribution in [0.3, 0.4) is 0 Å². The predicted molar refractivity (Wildman–Crippen MR) is 63.3 cm³/mol. The predicted octanol–water partition coefficient (Wildman–Crippen LogP) is 2.75. The fourth-order valence-electron chi connectivity index (χ4n) is 1.48. The topological polar surface area (TPSA) is 21.3 Å². The minimum absolute atomic E-state index is 0. The van der Waals surface area contributed by atoms with Crippen LogP contribution in [-0.4, -0.2) is 19.2 Å². The molecule has 1 N–H and O–H groups in total. The number of nitrogens with one attached hydrogen (secondary N) is 1. The van der Waals surface area contributed by atoms with Crippen molar-refractivity contribution in [1.29, 1.82) is 0 Å². The Morgan fingerprint density at radius 3 is 2.87 bits per heavy atom. The molecule has 1 aliphatic rings. The van der Waals surface area contributed by atoms with Crippen molar-refractivity contribution >= 4 is 28.3 Å². The quantitative estimate of drug-likeness (QED) is 0.906. The standard InChI is InChI=1S/C10H11BrFNO.ClH/c11-9-5-7(12)1-2-10(9)14-8-3-4-13-6-8;/h1-2,5,8,13H,3-4,6H2;1H. The Labute approximate surface area is 103 Å². The van der Waals surface area contributed by atoms with E-state index in [1.165, 1.54) is 12.1 Å². The third-order valence-electron chi connectivity index (χ3n) is 2.20. The molecule has 1 unspecified atom stereocenters. The molecule has 0 aromatic heterocycles. The summed E-state index contributed by atoms with van der Waals surface area (Å²) in [6.07, 6.45) is 1.21. The van der Waals surface area contributed by atoms with Crippen LogP contribution in [0.15, 0.2) is 22.7 Å². The van der Waals surface area contributed by atoms with Crippen LogP contribution in [0.25, 0.3) is 0 Å². The molecule has 1 aromatic carbocycles. The Morgan fingerprint density at radius 2 is 2.27 bits per heavy atom. The molecule has 1 saturated heterocycles. The van der Waals surface area contributed by atoms with E-state index < -0.39 is 0 Å². The van der Waals surface area contributed by atoms with Crippen LogP contribution in [0.4, 0.5) is 4.39 Å². The number of ether oxygens (including phenoxy) is 1. The van der Waals surface area contributed by atoms with Crippen molar-refractivity contribution in [2.75, 3.05) is 13.1 Å². The van der Waals surface area contributed by atoms with Gasteiger partial charge >= 0.3 is 0 Å². The molecule has 5 heteroatoms. The molecule has 1 heterocycles. The summed E-state index contributed by atoms with van der Waals surface area (Å²) in [6.45, 7) is 1.85. The Bertz CT molecular complexity index is 331. The Balaban J connectivity index is 0.00000112. The third-order valence-corrected chi connectivity index (χ3v) is 2.82. The van der Waals surface area contributed by atoms with Gasteiger partial charge in [0.15, 0.2) is 0 Å². The van der Waals surface area contributed by atoms with E-state index in [4.69, 9.17) is 4.74 Å². The lowest BCUT2D eigenvalue weighted by Gasteiger charge is -2.13. The van der Waals surface area contributed by atoms with Gasteiger partial charge in [0.1, 0.15) is 17.7 Å². The van der Waals surface area contributed by atoms with Crippen LogP contribution in [0.1, 0.15) is 6.42 Å². The van der Waals surface area contributed by atoms with Gasteiger partial charge in [-0.2, -0.15) is 0 Å². The molecule has 0 saturated carbocycles. The van der Waals surface area contributed by atoms with Gasteiger partial charge in [-0.25, -0.2) is 4.39 Å². The van der Waals surface area contributed by atoms with Gasteiger partial charge in [0.05, 0.1) is 4.47 Å². The summed E-state index contributed by atoms with van der Waals surface area (Å²) in [7, 11) is 0. The monoisotopic (exact) mass is 295 g/mol. The van der Waals surface area contributed by atoms with Crippen molar-refractivity contribution in [3.05, 3.63) is 28.5 Å². The van der Waals surface area contributed by atoms with E-state index in [2.05, 4.69) is 21.2 Å². The van der Waals surface area contributed by atoms with E-state index in [0.717, 1.165) is 19.5 Å². The van der Waals surface area contributed by atoms with Gasteiger partial charge in [-0.3, -0.25) is 0 Å². The normalized spacial score (nSPS) is 19.7.